The molecule has 1 aromatic carbocycles. The molecule has 0 aliphatic carbocycles. The molecular weight excluding hydrogens is 218 g/mol. The third-order valence-electron chi connectivity index (χ3n) is 2.29. The molecule has 1 unspecified atom stereocenters. The van der Waals surface area contributed by atoms with Crippen molar-refractivity contribution in [2.45, 2.75) is 6.04 Å². The van der Waals surface area contributed by atoms with Crippen LogP contribution in [0.15, 0.2) is 22.8 Å². The average Bonchev–Trinajstić information content (AvgIpc) is 2.71. The Morgan fingerprint density at radius 3 is 2.93 bits per heavy atom. The zero-order valence-corrected chi connectivity index (χ0v) is 8.53. The number of hydrogen-bond donors (Lipinski definition) is 3. The molecule has 5 heteroatoms. The van der Waals surface area contributed by atoms with Crippen molar-refractivity contribution in [3.8, 4) is 5.75 Å². The number of rotatable bonds is 2. The van der Waals surface area contributed by atoms with Gasteiger partial charge in [-0.2, -0.15) is 0 Å². The van der Waals surface area contributed by atoms with Crippen molar-refractivity contribution < 1.29 is 14.6 Å². The second-order valence-corrected chi connectivity index (χ2v) is 3.66. The van der Waals surface area contributed by atoms with E-state index in [0.717, 1.165) is 0 Å². The first-order valence-corrected chi connectivity index (χ1v) is 4.78. The Hall–Kier alpha value is -1.23. The molecule has 0 amide bonds. The van der Waals surface area contributed by atoms with Crippen LogP contribution in [0.1, 0.15) is 11.6 Å². The number of benzene rings is 1. The third kappa shape index (κ3) is 1.56. The van der Waals surface area contributed by atoms with Crippen LogP contribution in [-0.2, 0) is 0 Å². The quantitative estimate of drug-likeness (QED) is 0.731. The highest BCUT2D eigenvalue weighted by molar-refractivity contribution is 6.35. The lowest BCUT2D eigenvalue weighted by Gasteiger charge is -2.11. The second kappa shape index (κ2) is 3.73. The number of phenolic OH excluding ortho intramolecular Hbond substituents is 1. The first-order chi connectivity index (χ1) is 7.15. The molecule has 2 aromatic rings. The summed E-state index contributed by atoms with van der Waals surface area (Å²) in [5.74, 6) is -0.0686. The van der Waals surface area contributed by atoms with Crippen molar-refractivity contribution in [3.63, 3.8) is 0 Å². The van der Waals surface area contributed by atoms with Crippen molar-refractivity contribution in [2.24, 2.45) is 5.73 Å². The van der Waals surface area contributed by atoms with E-state index in [-0.39, 0.29) is 12.4 Å². The Morgan fingerprint density at radius 2 is 2.27 bits per heavy atom. The predicted octanol–water partition coefficient (Wildman–Crippen LogP) is 1.78. The molecular formula is C10H10ClNO3. The lowest BCUT2D eigenvalue weighted by atomic mass is 10.1. The molecule has 0 radical (unpaired) electrons. The van der Waals surface area contributed by atoms with E-state index < -0.39 is 6.04 Å². The minimum Gasteiger partial charge on any atom is -0.504 e. The highest BCUT2D eigenvalue weighted by Crippen LogP contribution is 2.37. The number of phenols is 1. The molecule has 4 N–H and O–H groups in total. The van der Waals surface area contributed by atoms with Crippen LogP contribution in [0.4, 0.5) is 0 Å². The van der Waals surface area contributed by atoms with Crippen LogP contribution in [0.3, 0.4) is 0 Å². The Kier molecular flexibility index (Phi) is 2.56. The van der Waals surface area contributed by atoms with Crippen molar-refractivity contribution >= 4 is 22.6 Å². The van der Waals surface area contributed by atoms with E-state index in [2.05, 4.69) is 0 Å². The molecule has 1 aromatic heterocycles. The highest BCUT2D eigenvalue weighted by Gasteiger charge is 2.17. The molecule has 0 aliphatic rings. The smallest absolute Gasteiger partial charge is 0.177 e. The van der Waals surface area contributed by atoms with Crippen LogP contribution in [0.2, 0.25) is 5.02 Å². The first kappa shape index (κ1) is 10.3. The van der Waals surface area contributed by atoms with Crippen LogP contribution < -0.4 is 5.73 Å². The molecule has 0 aliphatic heterocycles. The minimum atomic E-state index is -0.669. The maximum absolute atomic E-state index is 9.82. The van der Waals surface area contributed by atoms with E-state index in [0.29, 0.717) is 21.6 Å². The maximum atomic E-state index is 9.82. The van der Waals surface area contributed by atoms with Crippen LogP contribution in [0.25, 0.3) is 11.0 Å². The topological polar surface area (TPSA) is 79.6 Å². The second-order valence-electron chi connectivity index (χ2n) is 3.25. The Bertz CT molecular complexity index is 495. The average molecular weight is 228 g/mol. The first-order valence-electron chi connectivity index (χ1n) is 4.40. The van der Waals surface area contributed by atoms with E-state index in [4.69, 9.17) is 26.9 Å². The molecule has 80 valence electrons. The van der Waals surface area contributed by atoms with E-state index in [1.807, 2.05) is 0 Å². The molecule has 4 nitrogen and oxygen atoms in total. The van der Waals surface area contributed by atoms with Crippen molar-refractivity contribution in [3.05, 3.63) is 29.0 Å². The van der Waals surface area contributed by atoms with Crippen LogP contribution in [0.5, 0.6) is 5.75 Å². The normalized spacial score (nSPS) is 13.3. The number of hydrogen-bond acceptors (Lipinski definition) is 4. The Balaban J connectivity index is 2.71. The molecule has 0 fully saturated rings. The lowest BCUT2D eigenvalue weighted by molar-refractivity contribution is 0.265. The summed E-state index contributed by atoms with van der Waals surface area (Å²) in [5.41, 5.74) is 6.29. The van der Waals surface area contributed by atoms with Crippen molar-refractivity contribution in [1.82, 2.24) is 0 Å². The van der Waals surface area contributed by atoms with Gasteiger partial charge in [-0.1, -0.05) is 11.6 Å². The minimum absolute atomic E-state index is 0.0686. The number of fused-ring (bicyclic) bond motifs is 1. The van der Waals surface area contributed by atoms with Gasteiger partial charge >= 0.3 is 0 Å². The fourth-order valence-electron chi connectivity index (χ4n) is 1.48. The standard InChI is InChI=1S/C10H10ClNO3/c11-7-3-6(8(12)4-13)9(14)10-5(7)1-2-15-10/h1-3,8,13-14H,4,12H2. The number of aliphatic hydroxyl groups is 1. The summed E-state index contributed by atoms with van der Waals surface area (Å²) in [6.45, 7) is -0.268. The molecule has 2 rings (SSSR count). The van der Waals surface area contributed by atoms with E-state index in [1.165, 1.54) is 12.3 Å². The fourth-order valence-corrected chi connectivity index (χ4v) is 1.74. The molecule has 0 saturated heterocycles. The van der Waals surface area contributed by atoms with Gasteiger partial charge in [0.1, 0.15) is 0 Å². The molecule has 0 bridgehead atoms. The van der Waals surface area contributed by atoms with Gasteiger partial charge in [0.05, 0.1) is 23.9 Å². The largest absolute Gasteiger partial charge is 0.504 e. The summed E-state index contributed by atoms with van der Waals surface area (Å²) < 4.78 is 5.09. The SMILES string of the molecule is NC(CO)c1cc(Cl)c2ccoc2c1O. The van der Waals surface area contributed by atoms with Crippen LogP contribution >= 0.6 is 11.6 Å². The van der Waals surface area contributed by atoms with Gasteiger partial charge in [0.2, 0.25) is 0 Å². The molecule has 15 heavy (non-hydrogen) atoms. The molecule has 1 heterocycles. The van der Waals surface area contributed by atoms with Gasteiger partial charge in [0.25, 0.3) is 0 Å². The number of furan rings is 1. The molecule has 0 spiro atoms. The third-order valence-corrected chi connectivity index (χ3v) is 2.60. The van der Waals surface area contributed by atoms with Gasteiger partial charge in [-0.15, -0.1) is 0 Å². The van der Waals surface area contributed by atoms with Gasteiger partial charge in [-0.05, 0) is 12.1 Å². The molecule has 0 saturated carbocycles. The summed E-state index contributed by atoms with van der Waals surface area (Å²) in [4.78, 5) is 0. The summed E-state index contributed by atoms with van der Waals surface area (Å²) in [7, 11) is 0. The van der Waals surface area contributed by atoms with Crippen molar-refractivity contribution in [2.75, 3.05) is 6.61 Å². The summed E-state index contributed by atoms with van der Waals surface area (Å²) in [6.07, 6.45) is 1.44. The van der Waals surface area contributed by atoms with Gasteiger partial charge in [0, 0.05) is 10.9 Å². The monoisotopic (exact) mass is 227 g/mol. The number of nitrogens with two attached hydrogens (primary N) is 1. The fraction of sp³-hybridized carbons (Fsp3) is 0.200. The van der Waals surface area contributed by atoms with E-state index in [9.17, 15) is 5.11 Å². The van der Waals surface area contributed by atoms with Crippen LogP contribution in [-0.4, -0.2) is 16.8 Å². The summed E-state index contributed by atoms with van der Waals surface area (Å²) >= 11 is 5.97. The number of aliphatic hydroxyl groups excluding tert-OH is 1. The predicted molar refractivity (Wildman–Crippen MR) is 56.9 cm³/mol. The van der Waals surface area contributed by atoms with Crippen molar-refractivity contribution in [1.29, 1.82) is 0 Å². The van der Waals surface area contributed by atoms with Crippen LogP contribution in [0, 0.1) is 0 Å². The zero-order chi connectivity index (χ0) is 11.0. The van der Waals surface area contributed by atoms with E-state index >= 15 is 0 Å². The van der Waals surface area contributed by atoms with Gasteiger partial charge in [0.15, 0.2) is 11.3 Å². The van der Waals surface area contributed by atoms with E-state index in [1.54, 1.807) is 6.07 Å². The zero-order valence-electron chi connectivity index (χ0n) is 7.77. The highest BCUT2D eigenvalue weighted by atomic mass is 35.5. The van der Waals surface area contributed by atoms with Gasteiger partial charge in [-0.25, -0.2) is 0 Å². The lowest BCUT2D eigenvalue weighted by Crippen LogP contribution is -2.14. The Morgan fingerprint density at radius 1 is 1.53 bits per heavy atom. The molecule has 1 atom stereocenters. The summed E-state index contributed by atoms with van der Waals surface area (Å²) in [5, 5.41) is 19.8. The number of halogens is 1. The van der Waals surface area contributed by atoms with Gasteiger partial charge < -0.3 is 20.4 Å². The number of aromatic hydroxyl groups is 1. The maximum Gasteiger partial charge on any atom is 0.177 e. The van der Waals surface area contributed by atoms with Gasteiger partial charge in [-0.3, -0.25) is 0 Å². The Labute approximate surface area is 90.9 Å². The summed E-state index contributed by atoms with van der Waals surface area (Å²) in [6, 6.07) is 2.53.